The van der Waals surface area contributed by atoms with E-state index in [-0.39, 0.29) is 5.69 Å². The van der Waals surface area contributed by atoms with Crippen LogP contribution in [0.25, 0.3) is 22.6 Å². The zero-order valence-corrected chi connectivity index (χ0v) is 16.3. The Hall–Kier alpha value is -2.54. The van der Waals surface area contributed by atoms with E-state index in [1.165, 1.54) is 19.3 Å². The van der Waals surface area contributed by atoms with E-state index in [9.17, 15) is 9.59 Å². The van der Waals surface area contributed by atoms with Gasteiger partial charge in [-0.25, -0.2) is 9.78 Å². The third kappa shape index (κ3) is 4.24. The molecule has 0 spiro atoms. The van der Waals surface area contributed by atoms with Gasteiger partial charge in [-0.1, -0.05) is 26.2 Å². The van der Waals surface area contributed by atoms with Gasteiger partial charge < -0.3 is 9.88 Å². The maximum atomic E-state index is 12.2. The van der Waals surface area contributed by atoms with Crippen LogP contribution in [0.2, 0.25) is 0 Å². The maximum absolute atomic E-state index is 12.2. The maximum Gasteiger partial charge on any atom is 0.349 e. The monoisotopic (exact) mass is 369 g/mol. The summed E-state index contributed by atoms with van der Waals surface area (Å²) in [5.41, 5.74) is 2.94. The largest absolute Gasteiger partial charge is 0.349 e. The van der Waals surface area contributed by atoms with Crippen molar-refractivity contribution in [2.75, 3.05) is 13.1 Å². The fourth-order valence-electron chi connectivity index (χ4n) is 3.27. The number of hydrogen-bond acceptors (Lipinski definition) is 5. The van der Waals surface area contributed by atoms with Gasteiger partial charge in [-0.05, 0) is 50.1 Å². The molecule has 7 nitrogen and oxygen atoms in total. The number of rotatable bonds is 8. The lowest BCUT2D eigenvalue weighted by Gasteiger charge is -2.18. The fraction of sp³-hybridized carbons (Fsp3) is 0.500. The number of aromatic amines is 1. The van der Waals surface area contributed by atoms with Crippen LogP contribution in [0.3, 0.4) is 0 Å². The van der Waals surface area contributed by atoms with Crippen LogP contribution in [-0.2, 0) is 6.54 Å². The number of benzene rings is 1. The van der Waals surface area contributed by atoms with Crippen molar-refractivity contribution in [2.24, 2.45) is 0 Å². The molecular formula is C20H27N5O2. The molecule has 0 saturated carbocycles. The standard InChI is InChI=1S/C20H27N5O2/c1-4-5-6-7-8-21-9-10-25-16-12-14(3)13(2)11-15(16)22-17-18(25)23-20(27)24-19(17)26/h11-12,21H,4-10H2,1-3H3,(H,24,26,27). The lowest BCUT2D eigenvalue weighted by atomic mass is 10.1. The number of H-pyrrole nitrogens is 1. The van der Waals surface area contributed by atoms with Gasteiger partial charge in [-0.2, -0.15) is 4.98 Å². The van der Waals surface area contributed by atoms with E-state index in [0.717, 1.165) is 41.7 Å². The van der Waals surface area contributed by atoms with E-state index in [1.54, 1.807) is 0 Å². The smallest absolute Gasteiger partial charge is 0.321 e. The average molecular weight is 369 g/mol. The Labute approximate surface area is 158 Å². The Morgan fingerprint density at radius 1 is 1.04 bits per heavy atom. The highest BCUT2D eigenvalue weighted by Gasteiger charge is 2.18. The first-order valence-electron chi connectivity index (χ1n) is 9.64. The molecule has 1 aromatic carbocycles. The number of hydrogen-bond donors (Lipinski definition) is 2. The van der Waals surface area contributed by atoms with Crippen molar-refractivity contribution < 1.29 is 0 Å². The summed E-state index contributed by atoms with van der Waals surface area (Å²) in [4.78, 5) is 34.7. The summed E-state index contributed by atoms with van der Waals surface area (Å²) in [6, 6.07) is 4.02. The van der Waals surface area contributed by atoms with Crippen LogP contribution in [0, 0.1) is 13.8 Å². The number of nitrogens with zero attached hydrogens (tertiary/aromatic N) is 3. The molecular weight excluding hydrogens is 342 g/mol. The molecule has 2 aliphatic heterocycles. The molecule has 0 radical (unpaired) electrons. The van der Waals surface area contributed by atoms with E-state index in [4.69, 9.17) is 0 Å². The molecule has 0 saturated heterocycles. The minimum absolute atomic E-state index is 0.202. The second kappa shape index (κ2) is 8.43. The molecule has 1 aromatic rings. The lowest BCUT2D eigenvalue weighted by Crippen LogP contribution is -2.30. The fourth-order valence-corrected chi connectivity index (χ4v) is 3.27. The first kappa shape index (κ1) is 19.2. The molecule has 7 heteroatoms. The van der Waals surface area contributed by atoms with Crippen LogP contribution in [0.15, 0.2) is 21.7 Å². The zero-order chi connectivity index (χ0) is 19.4. The van der Waals surface area contributed by atoms with Crippen LogP contribution >= 0.6 is 0 Å². The molecule has 27 heavy (non-hydrogen) atoms. The Morgan fingerprint density at radius 2 is 1.81 bits per heavy atom. The van der Waals surface area contributed by atoms with Gasteiger partial charge in [0.15, 0.2) is 11.5 Å². The first-order valence-corrected chi connectivity index (χ1v) is 9.64. The Morgan fingerprint density at radius 3 is 2.59 bits per heavy atom. The number of nitrogens with one attached hydrogen (secondary N) is 2. The second-order valence-corrected chi connectivity index (χ2v) is 7.04. The molecule has 144 valence electrons. The Bertz CT molecular complexity index is 1020. The summed E-state index contributed by atoms with van der Waals surface area (Å²) in [6.07, 6.45) is 4.86. The van der Waals surface area contributed by atoms with Gasteiger partial charge >= 0.3 is 5.69 Å². The van der Waals surface area contributed by atoms with Crippen molar-refractivity contribution >= 4 is 11.0 Å². The van der Waals surface area contributed by atoms with Gasteiger partial charge in [0.25, 0.3) is 5.56 Å². The first-order chi connectivity index (χ1) is 13.0. The molecule has 0 atom stereocenters. The number of fused-ring (bicyclic) bond motifs is 2. The molecule has 2 N–H and O–H groups in total. The summed E-state index contributed by atoms with van der Waals surface area (Å²) in [7, 11) is 0. The summed E-state index contributed by atoms with van der Waals surface area (Å²) >= 11 is 0. The van der Waals surface area contributed by atoms with Crippen molar-refractivity contribution in [1.82, 2.24) is 24.8 Å². The molecule has 2 aliphatic rings. The second-order valence-electron chi connectivity index (χ2n) is 7.04. The average Bonchev–Trinajstić information content (AvgIpc) is 2.62. The molecule has 2 heterocycles. The predicted molar refractivity (Wildman–Crippen MR) is 108 cm³/mol. The van der Waals surface area contributed by atoms with Crippen LogP contribution in [0.1, 0.15) is 43.7 Å². The Balaban J connectivity index is 1.96. The highest BCUT2D eigenvalue weighted by Crippen LogP contribution is 2.23. The van der Waals surface area contributed by atoms with E-state index >= 15 is 0 Å². The normalized spacial score (nSPS) is 11.5. The summed E-state index contributed by atoms with van der Waals surface area (Å²) in [5.74, 6) is 0.340. The van der Waals surface area contributed by atoms with Crippen molar-refractivity contribution in [2.45, 2.75) is 53.0 Å². The highest BCUT2D eigenvalue weighted by atomic mass is 16.2. The molecule has 3 rings (SSSR count). The number of aromatic nitrogens is 4. The van der Waals surface area contributed by atoms with Gasteiger partial charge in [-0.3, -0.25) is 9.78 Å². The number of aryl methyl sites for hydroxylation is 2. The lowest BCUT2D eigenvalue weighted by molar-refractivity contribution is 0.564. The summed E-state index contributed by atoms with van der Waals surface area (Å²) in [6.45, 7) is 8.57. The predicted octanol–water partition coefficient (Wildman–Crippen LogP) is 2.37. The minimum atomic E-state index is -0.640. The van der Waals surface area contributed by atoms with Crippen LogP contribution in [0.5, 0.6) is 0 Å². The van der Waals surface area contributed by atoms with E-state index in [1.807, 2.05) is 30.5 Å². The zero-order valence-electron chi connectivity index (χ0n) is 16.3. The Kier molecular flexibility index (Phi) is 6.01. The quantitative estimate of drug-likeness (QED) is 0.470. The molecule has 0 unspecified atom stereocenters. The molecule has 0 amide bonds. The minimum Gasteiger partial charge on any atom is -0.321 e. The number of unbranched alkanes of at least 4 members (excludes halogenated alkanes) is 3. The molecule has 0 aromatic heterocycles. The van der Waals surface area contributed by atoms with Gasteiger partial charge in [0.1, 0.15) is 0 Å². The van der Waals surface area contributed by atoms with E-state index in [0.29, 0.717) is 12.4 Å². The van der Waals surface area contributed by atoms with Crippen LogP contribution < -0.4 is 16.6 Å². The summed E-state index contributed by atoms with van der Waals surface area (Å²) < 4.78 is 1.93. The van der Waals surface area contributed by atoms with E-state index < -0.39 is 11.2 Å². The van der Waals surface area contributed by atoms with Crippen molar-refractivity contribution in [1.29, 1.82) is 0 Å². The highest BCUT2D eigenvalue weighted by molar-refractivity contribution is 5.81. The SMILES string of the molecule is CCCCCCNCCn1c2nc(=O)[nH]c(=O)c-2nc2cc(C)c(C)cc21. The van der Waals surface area contributed by atoms with Crippen LogP contribution in [0.4, 0.5) is 0 Å². The topological polar surface area (TPSA) is 92.7 Å². The van der Waals surface area contributed by atoms with Gasteiger partial charge in [0.05, 0.1) is 11.0 Å². The molecule has 0 bridgehead atoms. The van der Waals surface area contributed by atoms with Gasteiger partial charge in [-0.15, -0.1) is 0 Å². The summed E-state index contributed by atoms with van der Waals surface area (Å²) in [5, 5.41) is 3.44. The van der Waals surface area contributed by atoms with Crippen molar-refractivity contribution in [3.8, 4) is 11.5 Å². The van der Waals surface area contributed by atoms with Gasteiger partial charge in [0.2, 0.25) is 0 Å². The molecule has 0 fully saturated rings. The van der Waals surface area contributed by atoms with E-state index in [2.05, 4.69) is 27.2 Å². The third-order valence-corrected chi connectivity index (χ3v) is 4.94. The van der Waals surface area contributed by atoms with Crippen LogP contribution in [-0.4, -0.2) is 32.6 Å². The van der Waals surface area contributed by atoms with Crippen molar-refractivity contribution in [3.63, 3.8) is 0 Å². The molecule has 0 aliphatic carbocycles. The van der Waals surface area contributed by atoms with Gasteiger partial charge in [0, 0.05) is 13.1 Å². The third-order valence-electron chi connectivity index (χ3n) is 4.94. The van der Waals surface area contributed by atoms with Crippen molar-refractivity contribution in [3.05, 3.63) is 44.1 Å².